The van der Waals surface area contributed by atoms with Crippen LogP contribution in [0.3, 0.4) is 0 Å². The van der Waals surface area contributed by atoms with Crippen molar-refractivity contribution < 1.29 is 9.18 Å². The van der Waals surface area contributed by atoms with E-state index in [0.717, 1.165) is 43.8 Å². The highest BCUT2D eigenvalue weighted by Gasteiger charge is 2.26. The molecule has 1 aromatic carbocycles. The van der Waals surface area contributed by atoms with Gasteiger partial charge in [-0.05, 0) is 50.2 Å². The van der Waals surface area contributed by atoms with Crippen molar-refractivity contribution in [1.29, 1.82) is 5.41 Å². The number of likely N-dealkylation sites (N-methyl/N-ethyl adjacent to an activating group) is 1. The molecule has 1 aromatic heterocycles. The number of pyridine rings is 1. The zero-order chi connectivity index (χ0) is 22.2. The van der Waals surface area contributed by atoms with Gasteiger partial charge in [-0.3, -0.25) is 10.2 Å². The number of hydrogen-bond acceptors (Lipinski definition) is 6. The number of carbonyl (C=O) groups is 1. The Bertz CT molecular complexity index is 947. The minimum absolute atomic E-state index is 0.0304. The molecule has 10 heteroatoms. The molecule has 0 bridgehead atoms. The molecular weight excluding hydrogens is 399 g/mol. The summed E-state index contributed by atoms with van der Waals surface area (Å²) in [4.78, 5) is 19.9. The lowest BCUT2D eigenvalue weighted by Crippen LogP contribution is -2.45. The van der Waals surface area contributed by atoms with Crippen molar-refractivity contribution in [1.82, 2.24) is 10.3 Å². The molecule has 0 spiro atoms. The third kappa shape index (κ3) is 5.76. The Balaban J connectivity index is 1.82. The van der Waals surface area contributed by atoms with Gasteiger partial charge in [-0.2, -0.15) is 0 Å². The minimum atomic E-state index is -0.771. The van der Waals surface area contributed by atoms with Crippen molar-refractivity contribution in [3.8, 4) is 0 Å². The molecular formula is C21H27FN8O. The quantitative estimate of drug-likeness (QED) is 0.269. The lowest BCUT2D eigenvalue weighted by atomic mass is 9.90. The summed E-state index contributed by atoms with van der Waals surface area (Å²) in [5.74, 6) is -1.13. The summed E-state index contributed by atoms with van der Waals surface area (Å²) in [6.45, 7) is 0. The molecule has 7 N–H and O–H groups in total. The molecule has 2 atom stereocenters. The van der Waals surface area contributed by atoms with Crippen LogP contribution < -0.4 is 27.0 Å². The number of benzene rings is 1. The first-order chi connectivity index (χ1) is 15.0. The van der Waals surface area contributed by atoms with Gasteiger partial charge in [-0.15, -0.1) is 0 Å². The van der Waals surface area contributed by atoms with Crippen molar-refractivity contribution in [3.63, 3.8) is 0 Å². The SMILES string of the molecule is CN[C@H]1CCCC[C@H]1Nc1nc(Nc2ccc(N/C=N\C=N)cc2)c(C(N)=O)cc1F. The van der Waals surface area contributed by atoms with Crippen molar-refractivity contribution in [3.05, 3.63) is 41.7 Å². The number of aliphatic imine (C=N–C) groups is 1. The van der Waals surface area contributed by atoms with Crippen LogP contribution in [0.1, 0.15) is 36.0 Å². The average Bonchev–Trinajstić information content (AvgIpc) is 2.77. The number of amides is 1. The maximum Gasteiger partial charge on any atom is 0.252 e. The van der Waals surface area contributed by atoms with Crippen LogP contribution in [0.2, 0.25) is 0 Å². The van der Waals surface area contributed by atoms with Crippen LogP contribution in [0.5, 0.6) is 0 Å². The normalized spacial score (nSPS) is 18.5. The number of carbonyl (C=O) groups excluding carboxylic acids is 1. The molecule has 1 fully saturated rings. The van der Waals surface area contributed by atoms with Gasteiger partial charge in [-0.25, -0.2) is 14.4 Å². The average molecular weight is 427 g/mol. The summed E-state index contributed by atoms with van der Waals surface area (Å²) < 4.78 is 14.7. The standard InChI is InChI=1S/C21H27FN8O/c1-25-17-4-2-3-5-18(17)29-21-16(22)10-15(19(24)31)20(30-21)28-14-8-6-13(7-9-14)27-12-26-11-23/h6-12,17-18,25H,2-5H2,1H3,(H2,24,31)(H2,23,26,27)(H2,28,29,30)/t17-,18+/m0/s1. The maximum atomic E-state index is 14.7. The van der Waals surface area contributed by atoms with Gasteiger partial charge < -0.3 is 27.0 Å². The number of anilines is 4. The monoisotopic (exact) mass is 426 g/mol. The van der Waals surface area contributed by atoms with Crippen LogP contribution in [0.15, 0.2) is 35.3 Å². The lowest BCUT2D eigenvalue weighted by molar-refractivity contribution is 0.100. The molecule has 1 heterocycles. The fourth-order valence-electron chi connectivity index (χ4n) is 3.63. The molecule has 164 valence electrons. The van der Waals surface area contributed by atoms with E-state index in [2.05, 4.69) is 31.2 Å². The largest absolute Gasteiger partial charge is 0.365 e. The molecule has 1 aliphatic carbocycles. The molecule has 0 radical (unpaired) electrons. The second-order valence-electron chi connectivity index (χ2n) is 7.26. The molecule has 0 unspecified atom stereocenters. The first kappa shape index (κ1) is 22.2. The van der Waals surface area contributed by atoms with Crippen LogP contribution in [0, 0.1) is 11.2 Å². The number of primary amides is 1. The van der Waals surface area contributed by atoms with E-state index in [1.54, 1.807) is 24.3 Å². The van der Waals surface area contributed by atoms with Gasteiger partial charge in [0, 0.05) is 23.5 Å². The molecule has 0 aliphatic heterocycles. The third-order valence-electron chi connectivity index (χ3n) is 5.23. The zero-order valence-electron chi connectivity index (χ0n) is 17.3. The number of aromatic nitrogens is 1. The summed E-state index contributed by atoms with van der Waals surface area (Å²) in [5.41, 5.74) is 6.82. The molecule has 0 saturated heterocycles. The summed E-state index contributed by atoms with van der Waals surface area (Å²) in [6, 6.07) is 8.47. The summed E-state index contributed by atoms with van der Waals surface area (Å²) in [6.07, 6.45) is 6.42. The number of halogens is 1. The molecule has 3 rings (SSSR count). The zero-order valence-corrected chi connectivity index (χ0v) is 17.3. The van der Waals surface area contributed by atoms with E-state index in [1.807, 2.05) is 7.05 Å². The smallest absolute Gasteiger partial charge is 0.252 e. The van der Waals surface area contributed by atoms with Gasteiger partial charge in [0.2, 0.25) is 0 Å². The van der Waals surface area contributed by atoms with E-state index < -0.39 is 11.7 Å². The number of nitrogens with two attached hydrogens (primary N) is 1. The van der Waals surface area contributed by atoms with Crippen molar-refractivity contribution >= 4 is 41.6 Å². The Hall–Kier alpha value is -3.53. The van der Waals surface area contributed by atoms with E-state index in [4.69, 9.17) is 11.1 Å². The van der Waals surface area contributed by atoms with Crippen LogP contribution in [0.25, 0.3) is 0 Å². The topological polar surface area (TPSA) is 140 Å². The second-order valence-corrected chi connectivity index (χ2v) is 7.26. The fourth-order valence-corrected chi connectivity index (χ4v) is 3.63. The van der Waals surface area contributed by atoms with E-state index in [0.29, 0.717) is 5.69 Å². The number of rotatable bonds is 9. The van der Waals surface area contributed by atoms with Crippen LogP contribution in [-0.2, 0) is 0 Å². The summed E-state index contributed by atoms with van der Waals surface area (Å²) >= 11 is 0. The fraction of sp³-hybridized carbons (Fsp3) is 0.333. The first-order valence-corrected chi connectivity index (χ1v) is 10.1. The molecule has 9 nitrogen and oxygen atoms in total. The Morgan fingerprint density at radius 1 is 1.19 bits per heavy atom. The maximum absolute atomic E-state index is 14.7. The Morgan fingerprint density at radius 2 is 1.87 bits per heavy atom. The first-order valence-electron chi connectivity index (χ1n) is 10.1. The number of nitrogens with one attached hydrogen (secondary N) is 5. The van der Waals surface area contributed by atoms with Crippen molar-refractivity contribution in [2.45, 2.75) is 37.8 Å². The van der Waals surface area contributed by atoms with Crippen molar-refractivity contribution in [2.24, 2.45) is 10.7 Å². The van der Waals surface area contributed by atoms with Crippen molar-refractivity contribution in [2.75, 3.05) is 23.0 Å². The lowest BCUT2D eigenvalue weighted by Gasteiger charge is -2.32. The molecule has 1 aliphatic rings. The minimum Gasteiger partial charge on any atom is -0.365 e. The molecule has 2 aromatic rings. The van der Waals surface area contributed by atoms with Crippen LogP contribution in [0.4, 0.5) is 27.4 Å². The van der Waals surface area contributed by atoms with E-state index in [9.17, 15) is 9.18 Å². The van der Waals surface area contributed by atoms with E-state index >= 15 is 0 Å². The van der Waals surface area contributed by atoms with Gasteiger partial charge in [-0.1, -0.05) is 12.8 Å². The third-order valence-corrected chi connectivity index (χ3v) is 5.23. The molecule has 31 heavy (non-hydrogen) atoms. The summed E-state index contributed by atoms with van der Waals surface area (Å²) in [5, 5.41) is 19.3. The highest BCUT2D eigenvalue weighted by molar-refractivity contribution is 5.98. The predicted molar refractivity (Wildman–Crippen MR) is 122 cm³/mol. The Morgan fingerprint density at radius 3 is 2.52 bits per heavy atom. The van der Waals surface area contributed by atoms with Gasteiger partial charge in [0.05, 0.1) is 11.9 Å². The Labute approximate surface area is 180 Å². The predicted octanol–water partition coefficient (Wildman–Crippen LogP) is 3.05. The molecule has 1 amide bonds. The van der Waals surface area contributed by atoms with Gasteiger partial charge in [0.1, 0.15) is 12.2 Å². The van der Waals surface area contributed by atoms with Gasteiger partial charge in [0.15, 0.2) is 11.6 Å². The van der Waals surface area contributed by atoms with E-state index in [1.165, 1.54) is 6.34 Å². The van der Waals surface area contributed by atoms with E-state index in [-0.39, 0.29) is 29.3 Å². The second kappa shape index (κ2) is 10.5. The highest BCUT2D eigenvalue weighted by atomic mass is 19.1. The van der Waals surface area contributed by atoms with Gasteiger partial charge in [0.25, 0.3) is 5.91 Å². The summed E-state index contributed by atoms with van der Waals surface area (Å²) in [7, 11) is 1.90. The van der Waals surface area contributed by atoms with Crippen LogP contribution >= 0.6 is 0 Å². The van der Waals surface area contributed by atoms with Gasteiger partial charge >= 0.3 is 0 Å². The molecule has 1 saturated carbocycles. The Kier molecular flexibility index (Phi) is 7.50. The highest BCUT2D eigenvalue weighted by Crippen LogP contribution is 2.27. The number of hydrogen-bond donors (Lipinski definition) is 6. The van der Waals surface area contributed by atoms with Crippen LogP contribution in [-0.4, -0.2) is 42.7 Å². The number of nitrogens with zero attached hydrogens (tertiary/aromatic N) is 2.